The summed E-state index contributed by atoms with van der Waals surface area (Å²) < 4.78 is 11.3. The lowest BCUT2D eigenvalue weighted by atomic mass is 9.88. The van der Waals surface area contributed by atoms with E-state index in [1.54, 1.807) is 24.3 Å². The number of carboxylic acid groups (broad SMARTS) is 1. The number of ether oxygens (including phenoxy) is 2. The fourth-order valence-electron chi connectivity index (χ4n) is 3.97. The molecule has 0 radical (unpaired) electrons. The van der Waals surface area contributed by atoms with Crippen LogP contribution in [0.25, 0.3) is 0 Å². The second kappa shape index (κ2) is 12.9. The minimum Gasteiger partial charge on any atom is -0.477 e. The average molecular weight is 571 g/mol. The molecule has 0 saturated carbocycles. The highest BCUT2D eigenvalue weighted by atomic mass is 35.5. The highest BCUT2D eigenvalue weighted by Gasteiger charge is 2.55. The second-order valence-electron chi connectivity index (χ2n) is 8.83. The number of carboxylic acids is 1. The van der Waals surface area contributed by atoms with E-state index in [4.69, 9.17) is 32.7 Å². The molecule has 0 aromatic heterocycles. The molecule has 1 aliphatic heterocycles. The van der Waals surface area contributed by atoms with Gasteiger partial charge < -0.3 is 40.5 Å². The highest BCUT2D eigenvalue weighted by Crippen LogP contribution is 2.34. The van der Waals surface area contributed by atoms with Crippen LogP contribution < -0.4 is 10.6 Å². The Labute approximate surface area is 228 Å². The Morgan fingerprint density at radius 3 is 2.21 bits per heavy atom. The maximum Gasteiger partial charge on any atom is 0.364 e. The number of nitrogens with one attached hydrogen (secondary N) is 2. The summed E-state index contributed by atoms with van der Waals surface area (Å²) in [5, 5.41) is 48.1. The number of hydrogen-bond donors (Lipinski definition) is 6. The van der Waals surface area contributed by atoms with Crippen LogP contribution in [0.3, 0.4) is 0 Å². The van der Waals surface area contributed by atoms with Crippen molar-refractivity contribution in [3.05, 3.63) is 69.7 Å². The fourth-order valence-corrected chi connectivity index (χ4v) is 4.22. The van der Waals surface area contributed by atoms with Gasteiger partial charge in [-0.15, -0.1) is 0 Å². The predicted octanol–water partition coefficient (Wildman–Crippen LogP) is 1.10. The van der Waals surface area contributed by atoms with Crippen molar-refractivity contribution in [2.45, 2.75) is 56.2 Å². The van der Waals surface area contributed by atoms with Gasteiger partial charge in [-0.1, -0.05) is 35.3 Å². The third-order valence-electron chi connectivity index (χ3n) is 5.96. The van der Waals surface area contributed by atoms with Gasteiger partial charge in [0.05, 0.1) is 24.9 Å². The van der Waals surface area contributed by atoms with Crippen LogP contribution in [0, 0.1) is 0 Å². The predicted molar refractivity (Wildman–Crippen MR) is 136 cm³/mol. The Balaban J connectivity index is 1.78. The molecule has 2 amide bonds. The largest absolute Gasteiger partial charge is 0.477 e. The number of benzene rings is 2. The Kier molecular flexibility index (Phi) is 10.1. The number of carbonyl (C=O) groups excluding carboxylic acids is 2. The van der Waals surface area contributed by atoms with Crippen molar-refractivity contribution in [2.24, 2.45) is 0 Å². The number of amides is 2. The number of rotatable bonds is 10. The topological polar surface area (TPSA) is 175 Å². The zero-order valence-corrected chi connectivity index (χ0v) is 21.7. The standard InChI is InChI=1S/C25H28Cl2N2O9/c1-13(30)29-20-18(31)10-25(24(35)36,37-12-14-2-6-16(26)7-3-14)38-22(20)21(33)19(32)11-28-23(34)15-4-8-17(27)9-5-15/h2-9,18-22,31-33H,10-12H2,1H3,(H,28,34)(H,29,30)(H,35,36)/t18-,19+,20+,21+,22+,25+/m0/s1. The summed E-state index contributed by atoms with van der Waals surface area (Å²) in [5.41, 5.74) is 0.802. The van der Waals surface area contributed by atoms with Gasteiger partial charge in [-0.2, -0.15) is 0 Å². The minimum atomic E-state index is -2.42. The molecular weight excluding hydrogens is 543 g/mol. The van der Waals surface area contributed by atoms with E-state index in [0.717, 1.165) is 6.92 Å². The lowest BCUT2D eigenvalue weighted by Crippen LogP contribution is -2.68. The van der Waals surface area contributed by atoms with Gasteiger partial charge in [-0.25, -0.2) is 4.79 Å². The number of hydrogen-bond acceptors (Lipinski definition) is 8. The quantitative estimate of drug-likeness (QED) is 0.244. The Hall–Kier alpha value is -2.77. The van der Waals surface area contributed by atoms with E-state index in [2.05, 4.69) is 10.6 Å². The summed E-state index contributed by atoms with van der Waals surface area (Å²) in [6, 6.07) is 11.0. The summed E-state index contributed by atoms with van der Waals surface area (Å²) in [6.45, 7) is 0.454. The summed E-state index contributed by atoms with van der Waals surface area (Å²) in [6.07, 6.45) is -7.30. The van der Waals surface area contributed by atoms with E-state index in [-0.39, 0.29) is 12.2 Å². The van der Waals surface area contributed by atoms with E-state index in [0.29, 0.717) is 15.6 Å². The van der Waals surface area contributed by atoms with Crippen LogP contribution in [0.1, 0.15) is 29.3 Å². The molecule has 3 rings (SSSR count). The van der Waals surface area contributed by atoms with Gasteiger partial charge >= 0.3 is 5.97 Å². The van der Waals surface area contributed by atoms with Gasteiger partial charge in [-0.3, -0.25) is 9.59 Å². The Morgan fingerprint density at radius 1 is 1.08 bits per heavy atom. The first-order valence-corrected chi connectivity index (χ1v) is 12.3. The second-order valence-corrected chi connectivity index (χ2v) is 9.70. The lowest BCUT2D eigenvalue weighted by Gasteiger charge is -2.46. The lowest BCUT2D eigenvalue weighted by molar-refractivity contribution is -0.314. The first-order valence-electron chi connectivity index (χ1n) is 11.6. The van der Waals surface area contributed by atoms with Crippen molar-refractivity contribution in [2.75, 3.05) is 6.54 Å². The maximum atomic E-state index is 12.4. The van der Waals surface area contributed by atoms with Gasteiger partial charge in [0.15, 0.2) is 0 Å². The molecule has 1 aliphatic rings. The molecule has 0 spiro atoms. The van der Waals surface area contributed by atoms with Gasteiger partial charge in [0, 0.05) is 35.5 Å². The van der Waals surface area contributed by atoms with Crippen molar-refractivity contribution >= 4 is 41.0 Å². The minimum absolute atomic E-state index is 0.247. The smallest absolute Gasteiger partial charge is 0.364 e. The van der Waals surface area contributed by atoms with E-state index >= 15 is 0 Å². The van der Waals surface area contributed by atoms with Crippen LogP contribution in [0.5, 0.6) is 0 Å². The normalized spacial score (nSPS) is 24.7. The molecule has 2 aromatic rings. The zero-order chi connectivity index (χ0) is 28.0. The molecule has 11 nitrogen and oxygen atoms in total. The monoisotopic (exact) mass is 570 g/mol. The first-order chi connectivity index (χ1) is 17.9. The number of carbonyl (C=O) groups is 3. The third-order valence-corrected chi connectivity index (χ3v) is 6.47. The van der Waals surface area contributed by atoms with Crippen LogP contribution in [0.15, 0.2) is 48.5 Å². The van der Waals surface area contributed by atoms with Crippen LogP contribution in [0.2, 0.25) is 10.0 Å². The number of aliphatic hydroxyl groups is 3. The SMILES string of the molecule is CC(=O)N[C@H]1[C@H]([C@H](O)[C@H](O)CNC(=O)c2ccc(Cl)cc2)O[C@@](OCc2ccc(Cl)cc2)(C(=O)O)C[C@@H]1O. The molecule has 1 fully saturated rings. The van der Waals surface area contributed by atoms with E-state index in [1.807, 2.05) is 0 Å². The maximum absolute atomic E-state index is 12.4. The summed E-state index contributed by atoms with van der Waals surface area (Å²) in [5.74, 6) is -5.17. The summed E-state index contributed by atoms with van der Waals surface area (Å²) in [7, 11) is 0. The van der Waals surface area contributed by atoms with Crippen molar-refractivity contribution in [3.63, 3.8) is 0 Å². The van der Waals surface area contributed by atoms with E-state index in [9.17, 15) is 34.8 Å². The number of aliphatic hydroxyl groups excluding tert-OH is 3. The molecule has 38 heavy (non-hydrogen) atoms. The van der Waals surface area contributed by atoms with Gasteiger partial charge in [0.2, 0.25) is 5.91 Å². The van der Waals surface area contributed by atoms with Crippen LogP contribution in [-0.4, -0.2) is 81.0 Å². The molecule has 1 heterocycles. The molecular formula is C25H28Cl2N2O9. The number of halogens is 2. The summed E-state index contributed by atoms with van der Waals surface area (Å²) in [4.78, 5) is 36.4. The first kappa shape index (κ1) is 29.8. The molecule has 13 heteroatoms. The van der Waals surface area contributed by atoms with Crippen molar-refractivity contribution in [3.8, 4) is 0 Å². The third kappa shape index (κ3) is 7.41. The molecule has 2 aromatic carbocycles. The van der Waals surface area contributed by atoms with Gasteiger partial charge in [0.25, 0.3) is 11.7 Å². The molecule has 0 aliphatic carbocycles. The molecule has 6 N–H and O–H groups in total. The van der Waals surface area contributed by atoms with Crippen LogP contribution >= 0.6 is 23.2 Å². The van der Waals surface area contributed by atoms with Gasteiger partial charge in [-0.05, 0) is 42.0 Å². The van der Waals surface area contributed by atoms with Crippen LogP contribution in [-0.2, 0) is 25.7 Å². The highest BCUT2D eigenvalue weighted by molar-refractivity contribution is 6.30. The molecule has 206 valence electrons. The van der Waals surface area contributed by atoms with Crippen molar-refractivity contribution in [1.82, 2.24) is 10.6 Å². The molecule has 6 atom stereocenters. The zero-order valence-electron chi connectivity index (χ0n) is 20.2. The molecule has 0 bridgehead atoms. The molecule has 1 saturated heterocycles. The van der Waals surface area contributed by atoms with Crippen molar-refractivity contribution < 1.29 is 44.3 Å². The Bertz CT molecular complexity index is 1130. The fraction of sp³-hybridized carbons (Fsp3) is 0.400. The molecule has 0 unspecified atom stereocenters. The van der Waals surface area contributed by atoms with Gasteiger partial charge in [0.1, 0.15) is 12.2 Å². The van der Waals surface area contributed by atoms with E-state index < -0.39 is 67.0 Å². The Morgan fingerprint density at radius 2 is 1.66 bits per heavy atom. The summed E-state index contributed by atoms with van der Waals surface area (Å²) >= 11 is 11.7. The van der Waals surface area contributed by atoms with Crippen molar-refractivity contribution in [1.29, 1.82) is 0 Å². The van der Waals surface area contributed by atoms with Crippen LogP contribution in [0.4, 0.5) is 0 Å². The average Bonchev–Trinajstić information content (AvgIpc) is 2.87. The number of aliphatic carboxylic acids is 1. The van der Waals surface area contributed by atoms with E-state index in [1.165, 1.54) is 24.3 Å².